The van der Waals surface area contributed by atoms with E-state index < -0.39 is 57.5 Å². The Morgan fingerprint density at radius 3 is 2.41 bits per heavy atom. The Hall–Kier alpha value is -4.30. The first kappa shape index (κ1) is 40.1. The van der Waals surface area contributed by atoms with Gasteiger partial charge in [-0.1, -0.05) is 44.2 Å². The fourth-order valence-electron chi connectivity index (χ4n) is 13.7. The molecule has 11 atom stereocenters. The van der Waals surface area contributed by atoms with Crippen molar-refractivity contribution in [2.45, 2.75) is 105 Å². The van der Waals surface area contributed by atoms with Gasteiger partial charge < -0.3 is 39.0 Å². The number of ether oxygens (including phenoxy) is 4. The smallest absolute Gasteiger partial charge is 0.344 e. The first-order chi connectivity index (χ1) is 28.2. The molecule has 1 aliphatic carbocycles. The Balaban J connectivity index is 1.34. The molecule has 0 radical (unpaired) electrons. The molecule has 3 saturated heterocycles. The summed E-state index contributed by atoms with van der Waals surface area (Å²) in [5, 5.41) is 25.3. The van der Waals surface area contributed by atoms with E-state index in [1.165, 1.54) is 21.1 Å². The molecule has 0 aromatic heterocycles. The highest BCUT2D eigenvalue weighted by Crippen LogP contribution is 2.68. The lowest BCUT2D eigenvalue weighted by Crippen LogP contribution is -2.81. The van der Waals surface area contributed by atoms with Crippen LogP contribution in [0, 0.1) is 11.3 Å². The van der Waals surface area contributed by atoms with Crippen molar-refractivity contribution >= 4 is 35.0 Å². The number of aliphatic hydroxyl groups is 2. The second kappa shape index (κ2) is 13.9. The van der Waals surface area contributed by atoms with Crippen LogP contribution >= 0.6 is 0 Å². The lowest BCUT2D eigenvalue weighted by atomic mass is 9.47. The zero-order valence-corrected chi connectivity index (χ0v) is 35.3. The summed E-state index contributed by atoms with van der Waals surface area (Å²) in [6.07, 6.45) is 5.97. The third kappa shape index (κ3) is 5.23. The number of carbonyl (C=O) groups excluding carboxylic acids is 3. The Bertz CT molecular complexity index is 2160. The predicted molar refractivity (Wildman–Crippen MR) is 220 cm³/mol. The lowest BCUT2D eigenvalue weighted by Gasteiger charge is -2.63. The molecular formula is C46H58N4O9. The van der Waals surface area contributed by atoms with Crippen molar-refractivity contribution in [1.29, 1.82) is 0 Å². The molecule has 9 rings (SSSR count). The molecule has 1 spiro atoms. The number of fused-ring (bicyclic) bond motifs is 6. The molecule has 13 nitrogen and oxygen atoms in total. The minimum atomic E-state index is -2.30. The fraction of sp³-hybridized carbons (Fsp3) is 0.609. The van der Waals surface area contributed by atoms with Gasteiger partial charge in [-0.05, 0) is 80.8 Å². The number of esters is 3. The number of carbonyl (C=O) groups is 3. The maximum atomic E-state index is 15.3. The van der Waals surface area contributed by atoms with Crippen molar-refractivity contribution in [2.24, 2.45) is 16.3 Å². The zero-order chi connectivity index (χ0) is 41.9. The van der Waals surface area contributed by atoms with E-state index in [0.717, 1.165) is 29.0 Å². The first-order valence-electron chi connectivity index (χ1n) is 21.3. The van der Waals surface area contributed by atoms with Crippen LogP contribution in [-0.4, -0.2) is 134 Å². The summed E-state index contributed by atoms with van der Waals surface area (Å²) in [6, 6.07) is 10.9. The normalized spacial score (nSPS) is 38.9. The number of benzene rings is 2. The SMILES string of the molecule is CCC1(O)CC2CN(CCC3C(=Nc4ccccc43)C(C(=O)OC)(c3cc4c(cc3OC)N(C)C3C(O)(C(=O)OC)C(OC(C)=O)C5(CC)C=CCN6CCC43C65)C2)C1. The molecule has 11 unspecified atom stereocenters. The van der Waals surface area contributed by atoms with Gasteiger partial charge in [-0.3, -0.25) is 19.5 Å². The molecule has 0 amide bonds. The Morgan fingerprint density at radius 2 is 1.71 bits per heavy atom. The van der Waals surface area contributed by atoms with Crippen LogP contribution in [0.5, 0.6) is 5.75 Å². The van der Waals surface area contributed by atoms with Crippen molar-refractivity contribution in [2.75, 3.05) is 66.0 Å². The quantitative estimate of drug-likeness (QED) is 0.235. The van der Waals surface area contributed by atoms with Crippen LogP contribution in [0.25, 0.3) is 0 Å². The summed E-state index contributed by atoms with van der Waals surface area (Å²) in [5.74, 6) is -1.80. The molecule has 316 valence electrons. The molecule has 4 fully saturated rings. The van der Waals surface area contributed by atoms with Crippen molar-refractivity contribution in [3.05, 3.63) is 65.2 Å². The Labute approximate surface area is 346 Å². The Kier molecular flexibility index (Phi) is 9.43. The Morgan fingerprint density at radius 1 is 0.949 bits per heavy atom. The van der Waals surface area contributed by atoms with E-state index in [1.807, 2.05) is 50.1 Å². The van der Waals surface area contributed by atoms with Gasteiger partial charge >= 0.3 is 17.9 Å². The van der Waals surface area contributed by atoms with Gasteiger partial charge in [-0.15, -0.1) is 0 Å². The molecule has 6 heterocycles. The van der Waals surface area contributed by atoms with E-state index in [1.54, 1.807) is 7.11 Å². The van der Waals surface area contributed by atoms with Gasteiger partial charge in [0.1, 0.15) is 11.2 Å². The lowest BCUT2D eigenvalue weighted by molar-refractivity contribution is -0.228. The van der Waals surface area contributed by atoms with Gasteiger partial charge in [-0.2, -0.15) is 0 Å². The second-order valence-electron chi connectivity index (χ2n) is 18.3. The summed E-state index contributed by atoms with van der Waals surface area (Å²) in [5.41, 5.74) is -1.77. The van der Waals surface area contributed by atoms with E-state index in [2.05, 4.69) is 34.1 Å². The summed E-state index contributed by atoms with van der Waals surface area (Å²) >= 11 is 0. The number of methoxy groups -OCH3 is 3. The zero-order valence-electron chi connectivity index (χ0n) is 35.3. The molecule has 6 aliphatic heterocycles. The molecule has 2 aromatic carbocycles. The van der Waals surface area contributed by atoms with E-state index >= 15 is 4.79 Å². The average molecular weight is 811 g/mol. The number of rotatable bonds is 7. The molecule has 59 heavy (non-hydrogen) atoms. The first-order valence-corrected chi connectivity index (χ1v) is 21.3. The van der Waals surface area contributed by atoms with Crippen LogP contribution in [0.2, 0.25) is 0 Å². The minimum Gasteiger partial charge on any atom is -0.496 e. The van der Waals surface area contributed by atoms with Crippen LogP contribution in [0.1, 0.15) is 81.9 Å². The summed E-state index contributed by atoms with van der Waals surface area (Å²) in [4.78, 5) is 54.8. The van der Waals surface area contributed by atoms with E-state index in [0.29, 0.717) is 81.7 Å². The van der Waals surface area contributed by atoms with Gasteiger partial charge in [0.15, 0.2) is 6.10 Å². The molecule has 2 N–H and O–H groups in total. The van der Waals surface area contributed by atoms with Crippen LogP contribution in [0.4, 0.5) is 11.4 Å². The van der Waals surface area contributed by atoms with E-state index in [9.17, 15) is 19.8 Å². The summed E-state index contributed by atoms with van der Waals surface area (Å²) in [6.45, 7) is 8.64. The van der Waals surface area contributed by atoms with Crippen LogP contribution in [0.3, 0.4) is 0 Å². The topological polar surface area (TPSA) is 151 Å². The van der Waals surface area contributed by atoms with Gasteiger partial charge in [-0.25, -0.2) is 4.79 Å². The number of nitrogens with zero attached hydrogens (tertiary/aromatic N) is 4. The standard InChI is InChI=1S/C46H58N4O9/c1-8-42(54)23-28-24-45(40(52)57-6,36-30(15-19-49(25-28)26-42)29-13-10-11-14-33(29)47-36)32-21-31-34(22-35(32)56-5)48(4)38-44(31)17-20-50-18-12-16-43(9-2,37(44)50)39(59-27(3)51)46(38,55)41(53)58-7/h10-14,16,21-22,28,30,37-39,54-55H,8-9,15,17-20,23-26H2,1-7H3. The van der Waals surface area contributed by atoms with Gasteiger partial charge in [0, 0.05) is 79.4 Å². The third-order valence-electron chi connectivity index (χ3n) is 15.7. The van der Waals surface area contributed by atoms with Crippen molar-refractivity contribution in [3.63, 3.8) is 0 Å². The van der Waals surface area contributed by atoms with Gasteiger partial charge in [0.2, 0.25) is 5.60 Å². The average Bonchev–Trinajstić information content (AvgIpc) is 3.90. The summed E-state index contributed by atoms with van der Waals surface area (Å²) in [7, 11) is 6.14. The number of likely N-dealkylation sites (N-methyl/N-ethyl adjacent to an activating group) is 1. The number of hydrogen-bond donors (Lipinski definition) is 2. The van der Waals surface area contributed by atoms with Crippen LogP contribution in [0.15, 0.2) is 53.5 Å². The molecule has 13 heteroatoms. The second-order valence-corrected chi connectivity index (χ2v) is 18.3. The van der Waals surface area contributed by atoms with Crippen molar-refractivity contribution < 1.29 is 43.5 Å². The predicted octanol–water partition coefficient (Wildman–Crippen LogP) is 4.18. The maximum absolute atomic E-state index is 15.3. The van der Waals surface area contributed by atoms with Crippen molar-refractivity contribution in [1.82, 2.24) is 9.80 Å². The molecule has 2 bridgehead atoms. The minimum absolute atomic E-state index is 0.105. The van der Waals surface area contributed by atoms with Gasteiger partial charge in [0.25, 0.3) is 0 Å². The molecule has 1 saturated carbocycles. The maximum Gasteiger partial charge on any atom is 0.344 e. The van der Waals surface area contributed by atoms with Gasteiger partial charge in [0.05, 0.1) is 38.7 Å². The van der Waals surface area contributed by atoms with Crippen LogP contribution < -0.4 is 9.64 Å². The number of piperidine rings is 1. The number of hydrogen-bond acceptors (Lipinski definition) is 13. The molecular weight excluding hydrogens is 753 g/mol. The molecule has 7 aliphatic rings. The number of aliphatic imine (C=N–C) groups is 1. The van der Waals surface area contributed by atoms with Crippen LogP contribution in [-0.2, 0) is 39.4 Å². The molecule has 2 aromatic rings. The van der Waals surface area contributed by atoms with Crippen molar-refractivity contribution in [3.8, 4) is 5.75 Å². The number of anilines is 1. The third-order valence-corrected chi connectivity index (χ3v) is 15.7. The summed E-state index contributed by atoms with van der Waals surface area (Å²) < 4.78 is 23.9. The highest BCUT2D eigenvalue weighted by Gasteiger charge is 2.80. The number of para-hydroxylation sites is 1. The highest BCUT2D eigenvalue weighted by molar-refractivity contribution is 6.18. The fourth-order valence-corrected chi connectivity index (χ4v) is 13.7. The largest absolute Gasteiger partial charge is 0.496 e. The highest BCUT2D eigenvalue weighted by atomic mass is 16.6. The monoisotopic (exact) mass is 810 g/mol. The van der Waals surface area contributed by atoms with E-state index in [-0.39, 0.29) is 17.9 Å². The van der Waals surface area contributed by atoms with E-state index in [4.69, 9.17) is 23.9 Å².